The molecule has 0 aliphatic heterocycles. The highest BCUT2D eigenvalue weighted by Gasteiger charge is 2.14. The van der Waals surface area contributed by atoms with Gasteiger partial charge in [-0.3, -0.25) is 9.78 Å². The number of nitrogens with two attached hydrogens (primary N) is 1. The first kappa shape index (κ1) is 13.1. The quantitative estimate of drug-likeness (QED) is 0.828. The molecule has 1 atom stereocenters. The van der Waals surface area contributed by atoms with Crippen LogP contribution in [0.5, 0.6) is 0 Å². The van der Waals surface area contributed by atoms with E-state index in [9.17, 15) is 4.79 Å². The molecule has 0 aliphatic carbocycles. The Balaban J connectivity index is 2.13. The highest BCUT2D eigenvalue weighted by atomic mass is 16.1. The molecule has 2 rings (SSSR count). The average molecular weight is 255 g/mol. The molecule has 0 spiro atoms. The van der Waals surface area contributed by atoms with Crippen molar-refractivity contribution in [3.8, 4) is 0 Å². The Morgan fingerprint density at radius 1 is 1.32 bits per heavy atom. The minimum atomic E-state index is -0.173. The van der Waals surface area contributed by atoms with Crippen LogP contribution in [0.2, 0.25) is 0 Å². The van der Waals surface area contributed by atoms with Gasteiger partial charge in [-0.2, -0.15) is 0 Å². The summed E-state index contributed by atoms with van der Waals surface area (Å²) in [7, 11) is 0. The second-order valence-electron chi connectivity index (χ2n) is 4.53. The molecule has 0 saturated carbocycles. The van der Waals surface area contributed by atoms with Gasteiger partial charge >= 0.3 is 0 Å². The summed E-state index contributed by atoms with van der Waals surface area (Å²) in [6.07, 6.45) is 1.62. The first-order valence-corrected chi connectivity index (χ1v) is 6.16. The van der Waals surface area contributed by atoms with Crippen molar-refractivity contribution in [1.82, 2.24) is 10.3 Å². The van der Waals surface area contributed by atoms with Crippen molar-refractivity contribution in [2.45, 2.75) is 19.9 Å². The fourth-order valence-electron chi connectivity index (χ4n) is 1.90. The molecule has 0 fully saturated rings. The number of nitrogens with one attached hydrogen (secondary N) is 1. The third-order valence-electron chi connectivity index (χ3n) is 2.98. The largest absolute Gasteiger partial charge is 0.399 e. The van der Waals surface area contributed by atoms with E-state index in [1.807, 2.05) is 50.2 Å². The minimum Gasteiger partial charge on any atom is -0.399 e. The molecule has 3 N–H and O–H groups in total. The maximum Gasteiger partial charge on any atom is 0.270 e. The minimum absolute atomic E-state index is 0.114. The predicted octanol–water partition coefficient (Wildman–Crippen LogP) is 2.46. The summed E-state index contributed by atoms with van der Waals surface area (Å²) >= 11 is 0. The number of anilines is 1. The van der Waals surface area contributed by atoms with Gasteiger partial charge in [0.05, 0.1) is 6.04 Å². The van der Waals surface area contributed by atoms with E-state index in [2.05, 4.69) is 10.3 Å². The number of pyridine rings is 1. The number of nitrogens with zero attached hydrogens (tertiary/aromatic N) is 1. The van der Waals surface area contributed by atoms with Gasteiger partial charge in [0.2, 0.25) is 0 Å². The third kappa shape index (κ3) is 3.10. The fourth-order valence-corrected chi connectivity index (χ4v) is 1.90. The number of aryl methyl sites for hydroxylation is 1. The fraction of sp³-hybridized carbons (Fsp3) is 0.200. The zero-order chi connectivity index (χ0) is 13.8. The van der Waals surface area contributed by atoms with Crippen LogP contribution in [0.25, 0.3) is 0 Å². The van der Waals surface area contributed by atoms with Gasteiger partial charge in [0, 0.05) is 11.9 Å². The van der Waals surface area contributed by atoms with Gasteiger partial charge in [0.25, 0.3) is 5.91 Å². The summed E-state index contributed by atoms with van der Waals surface area (Å²) in [5.41, 5.74) is 8.72. The second-order valence-corrected chi connectivity index (χ2v) is 4.53. The van der Waals surface area contributed by atoms with Gasteiger partial charge in [-0.15, -0.1) is 0 Å². The average Bonchev–Trinajstić information content (AvgIpc) is 2.39. The first-order chi connectivity index (χ1) is 9.08. The lowest BCUT2D eigenvalue weighted by Gasteiger charge is -2.15. The van der Waals surface area contributed by atoms with Crippen LogP contribution in [0.15, 0.2) is 42.6 Å². The Bertz CT molecular complexity index is 595. The van der Waals surface area contributed by atoms with Gasteiger partial charge in [0.1, 0.15) is 5.69 Å². The van der Waals surface area contributed by atoms with Gasteiger partial charge in [-0.25, -0.2) is 0 Å². The summed E-state index contributed by atoms with van der Waals surface area (Å²) in [5.74, 6) is -0.173. The van der Waals surface area contributed by atoms with Crippen LogP contribution >= 0.6 is 0 Å². The number of amides is 1. The molecule has 1 aromatic carbocycles. The number of aromatic nitrogens is 1. The molecule has 2 aromatic rings. The van der Waals surface area contributed by atoms with Gasteiger partial charge < -0.3 is 11.1 Å². The molecule has 1 heterocycles. The van der Waals surface area contributed by atoms with E-state index in [1.54, 1.807) is 6.20 Å². The monoisotopic (exact) mass is 255 g/mol. The van der Waals surface area contributed by atoms with E-state index >= 15 is 0 Å². The van der Waals surface area contributed by atoms with Gasteiger partial charge in [-0.05, 0) is 43.2 Å². The summed E-state index contributed by atoms with van der Waals surface area (Å²) in [6.45, 7) is 3.79. The van der Waals surface area contributed by atoms with E-state index in [-0.39, 0.29) is 11.9 Å². The van der Waals surface area contributed by atoms with Crippen LogP contribution in [-0.2, 0) is 0 Å². The molecule has 1 amide bonds. The standard InChI is InChI=1S/C15H17N3O/c1-10-5-4-8-17-14(10)15(19)18-11(2)12-6-3-7-13(16)9-12/h3-9,11H,16H2,1-2H3,(H,18,19). The van der Waals surface area contributed by atoms with Crippen LogP contribution in [0.4, 0.5) is 5.69 Å². The van der Waals surface area contributed by atoms with E-state index in [0.29, 0.717) is 11.4 Å². The Labute approximate surface area is 112 Å². The van der Waals surface area contributed by atoms with Gasteiger partial charge in [0.15, 0.2) is 0 Å². The van der Waals surface area contributed by atoms with E-state index in [1.165, 1.54) is 0 Å². The summed E-state index contributed by atoms with van der Waals surface area (Å²) < 4.78 is 0. The molecule has 0 bridgehead atoms. The van der Waals surface area contributed by atoms with Crippen LogP contribution < -0.4 is 11.1 Å². The van der Waals surface area contributed by atoms with E-state index in [4.69, 9.17) is 5.73 Å². The topological polar surface area (TPSA) is 68.0 Å². The lowest BCUT2D eigenvalue weighted by molar-refractivity contribution is 0.0934. The molecule has 0 aliphatic rings. The Morgan fingerprint density at radius 3 is 2.79 bits per heavy atom. The smallest absolute Gasteiger partial charge is 0.270 e. The van der Waals surface area contributed by atoms with Crippen molar-refractivity contribution in [3.63, 3.8) is 0 Å². The molecule has 19 heavy (non-hydrogen) atoms. The van der Waals surface area contributed by atoms with Crippen LogP contribution in [0.1, 0.15) is 34.6 Å². The van der Waals surface area contributed by atoms with Crippen molar-refractivity contribution in [2.75, 3.05) is 5.73 Å². The molecule has 4 heteroatoms. The maximum absolute atomic E-state index is 12.1. The summed E-state index contributed by atoms with van der Waals surface area (Å²) in [5, 5.41) is 2.92. The number of carbonyl (C=O) groups excluding carboxylic acids is 1. The number of rotatable bonds is 3. The number of hydrogen-bond donors (Lipinski definition) is 2. The van der Waals surface area contributed by atoms with Crippen molar-refractivity contribution in [1.29, 1.82) is 0 Å². The normalized spacial score (nSPS) is 11.9. The molecule has 98 valence electrons. The molecular weight excluding hydrogens is 238 g/mol. The van der Waals surface area contributed by atoms with E-state index < -0.39 is 0 Å². The van der Waals surface area contributed by atoms with Crippen molar-refractivity contribution < 1.29 is 4.79 Å². The van der Waals surface area contributed by atoms with Crippen molar-refractivity contribution >= 4 is 11.6 Å². The second kappa shape index (κ2) is 5.52. The number of benzene rings is 1. The molecule has 0 radical (unpaired) electrons. The highest BCUT2D eigenvalue weighted by Crippen LogP contribution is 2.16. The first-order valence-electron chi connectivity index (χ1n) is 6.16. The lowest BCUT2D eigenvalue weighted by Crippen LogP contribution is -2.28. The lowest BCUT2D eigenvalue weighted by atomic mass is 10.1. The maximum atomic E-state index is 12.1. The Hall–Kier alpha value is -2.36. The van der Waals surface area contributed by atoms with E-state index in [0.717, 1.165) is 11.1 Å². The zero-order valence-electron chi connectivity index (χ0n) is 11.1. The molecule has 1 aromatic heterocycles. The zero-order valence-corrected chi connectivity index (χ0v) is 11.1. The highest BCUT2D eigenvalue weighted by molar-refractivity contribution is 5.93. The number of carbonyl (C=O) groups is 1. The molecule has 4 nitrogen and oxygen atoms in total. The van der Waals surface area contributed by atoms with Crippen molar-refractivity contribution in [2.24, 2.45) is 0 Å². The summed E-state index contributed by atoms with van der Waals surface area (Å²) in [4.78, 5) is 16.2. The Kier molecular flexibility index (Phi) is 3.80. The van der Waals surface area contributed by atoms with Crippen LogP contribution in [0.3, 0.4) is 0 Å². The molecular formula is C15H17N3O. The number of nitrogen functional groups attached to an aromatic ring is 1. The predicted molar refractivity (Wildman–Crippen MR) is 75.7 cm³/mol. The third-order valence-corrected chi connectivity index (χ3v) is 2.98. The molecule has 1 unspecified atom stereocenters. The van der Waals surface area contributed by atoms with Crippen LogP contribution in [-0.4, -0.2) is 10.9 Å². The van der Waals surface area contributed by atoms with Gasteiger partial charge in [-0.1, -0.05) is 18.2 Å². The SMILES string of the molecule is Cc1cccnc1C(=O)NC(C)c1cccc(N)c1. The number of hydrogen-bond acceptors (Lipinski definition) is 3. The van der Waals surface area contributed by atoms with Crippen molar-refractivity contribution in [3.05, 3.63) is 59.4 Å². The Morgan fingerprint density at radius 2 is 2.11 bits per heavy atom. The summed E-state index contributed by atoms with van der Waals surface area (Å²) in [6, 6.07) is 11.1. The molecule has 0 saturated heterocycles. The van der Waals surface area contributed by atoms with Crippen LogP contribution in [0, 0.1) is 6.92 Å².